The maximum absolute atomic E-state index is 6.04. The van der Waals surface area contributed by atoms with Crippen LogP contribution in [0, 0.1) is 0 Å². The van der Waals surface area contributed by atoms with E-state index in [1.807, 2.05) is 0 Å². The molecule has 100 valence electrons. The van der Waals surface area contributed by atoms with Crippen molar-refractivity contribution in [2.75, 3.05) is 13.2 Å². The number of hydrogen-bond donors (Lipinski definition) is 1. The second kappa shape index (κ2) is 5.05. The smallest absolute Gasteiger partial charge is 0.234 e. The van der Waals surface area contributed by atoms with E-state index in [2.05, 4.69) is 15.1 Å². The Morgan fingerprint density at radius 3 is 2.84 bits per heavy atom. The third-order valence-electron chi connectivity index (χ3n) is 2.90. The zero-order chi connectivity index (χ0) is 13.4. The van der Waals surface area contributed by atoms with Gasteiger partial charge in [-0.2, -0.15) is 4.98 Å². The average Bonchev–Trinajstić information content (AvgIpc) is 2.97. The zero-order valence-electron chi connectivity index (χ0n) is 9.72. The molecule has 8 heteroatoms. The Morgan fingerprint density at radius 2 is 2.16 bits per heavy atom. The van der Waals surface area contributed by atoms with Crippen molar-refractivity contribution in [2.45, 2.75) is 12.0 Å². The molecule has 2 unspecified atom stereocenters. The van der Waals surface area contributed by atoms with Crippen molar-refractivity contribution in [1.82, 2.24) is 15.1 Å². The van der Waals surface area contributed by atoms with E-state index in [9.17, 15) is 0 Å². The summed E-state index contributed by atoms with van der Waals surface area (Å²) in [6, 6.07) is 1.44. The number of pyridine rings is 1. The lowest BCUT2D eigenvalue weighted by molar-refractivity contribution is 0.187. The Kier molecular flexibility index (Phi) is 3.40. The van der Waals surface area contributed by atoms with Gasteiger partial charge in [0.25, 0.3) is 0 Å². The van der Waals surface area contributed by atoms with Gasteiger partial charge in [-0.05, 0) is 6.07 Å². The van der Waals surface area contributed by atoms with Crippen LogP contribution in [0.2, 0.25) is 10.0 Å². The molecule has 6 nitrogen and oxygen atoms in total. The fourth-order valence-electron chi connectivity index (χ4n) is 1.89. The van der Waals surface area contributed by atoms with Gasteiger partial charge in [0.2, 0.25) is 11.7 Å². The number of aromatic nitrogens is 3. The van der Waals surface area contributed by atoms with Crippen LogP contribution >= 0.6 is 23.2 Å². The van der Waals surface area contributed by atoms with Crippen LogP contribution in [0.3, 0.4) is 0 Å². The Morgan fingerprint density at radius 1 is 1.32 bits per heavy atom. The highest BCUT2D eigenvalue weighted by Crippen LogP contribution is 2.28. The van der Waals surface area contributed by atoms with Gasteiger partial charge in [-0.3, -0.25) is 0 Å². The first-order valence-corrected chi connectivity index (χ1v) is 6.39. The van der Waals surface area contributed by atoms with Crippen molar-refractivity contribution < 1.29 is 9.26 Å². The summed E-state index contributed by atoms with van der Waals surface area (Å²) in [7, 11) is 0. The van der Waals surface area contributed by atoms with Gasteiger partial charge in [-0.15, -0.1) is 0 Å². The number of halogens is 2. The Bertz CT molecular complexity index is 604. The number of hydrogen-bond acceptors (Lipinski definition) is 6. The first-order chi connectivity index (χ1) is 9.15. The van der Waals surface area contributed by atoms with Crippen molar-refractivity contribution in [1.29, 1.82) is 0 Å². The molecular formula is C11H10Cl2N4O2. The summed E-state index contributed by atoms with van der Waals surface area (Å²) in [6.45, 7) is 0.965. The van der Waals surface area contributed by atoms with Gasteiger partial charge in [0.05, 0.1) is 29.2 Å². The topological polar surface area (TPSA) is 87.1 Å². The molecule has 1 saturated heterocycles. The van der Waals surface area contributed by atoms with Gasteiger partial charge in [0.1, 0.15) is 5.69 Å². The Labute approximate surface area is 118 Å². The lowest BCUT2D eigenvalue weighted by Gasteiger charge is -2.06. The molecule has 0 saturated carbocycles. The molecule has 0 bridgehead atoms. The predicted octanol–water partition coefficient (Wildman–Crippen LogP) is 1.88. The highest BCUT2D eigenvalue weighted by Gasteiger charge is 2.31. The van der Waals surface area contributed by atoms with Gasteiger partial charge < -0.3 is 15.0 Å². The molecule has 0 amide bonds. The molecule has 1 aliphatic heterocycles. The normalized spacial score (nSPS) is 22.9. The summed E-state index contributed by atoms with van der Waals surface area (Å²) in [4.78, 5) is 8.37. The summed E-state index contributed by atoms with van der Waals surface area (Å²) in [6.07, 6.45) is 1.48. The standard InChI is InChI=1S/C11H10Cl2N4O2/c12-5-1-7(13)9(15-2-5)10-16-11(19-17-10)6-3-18-4-8(6)14/h1-2,6,8H,3-4,14H2. The fraction of sp³-hybridized carbons (Fsp3) is 0.364. The molecule has 2 N–H and O–H groups in total. The van der Waals surface area contributed by atoms with Crippen LogP contribution in [-0.2, 0) is 4.74 Å². The van der Waals surface area contributed by atoms with Crippen molar-refractivity contribution in [3.8, 4) is 11.5 Å². The largest absolute Gasteiger partial charge is 0.379 e. The minimum Gasteiger partial charge on any atom is -0.379 e. The summed E-state index contributed by atoms with van der Waals surface area (Å²) < 4.78 is 10.5. The molecule has 0 radical (unpaired) electrons. The summed E-state index contributed by atoms with van der Waals surface area (Å²) in [5, 5.41) is 4.68. The summed E-state index contributed by atoms with van der Waals surface area (Å²) >= 11 is 11.8. The quantitative estimate of drug-likeness (QED) is 0.911. The van der Waals surface area contributed by atoms with Crippen molar-refractivity contribution in [3.63, 3.8) is 0 Å². The van der Waals surface area contributed by atoms with Crippen LogP contribution in [0.4, 0.5) is 0 Å². The third kappa shape index (κ3) is 2.44. The molecule has 3 rings (SSSR count). The molecule has 19 heavy (non-hydrogen) atoms. The molecule has 0 aliphatic carbocycles. The molecule has 3 heterocycles. The van der Waals surface area contributed by atoms with E-state index >= 15 is 0 Å². The van der Waals surface area contributed by atoms with Gasteiger partial charge in [-0.25, -0.2) is 4.98 Å². The SMILES string of the molecule is NC1COCC1c1nc(-c2ncc(Cl)cc2Cl)no1. The molecule has 2 atom stereocenters. The molecule has 1 aliphatic rings. The Hall–Kier alpha value is -1.21. The van der Waals surface area contributed by atoms with E-state index in [1.165, 1.54) is 6.20 Å². The maximum Gasteiger partial charge on any atom is 0.234 e. The fourth-order valence-corrected chi connectivity index (χ4v) is 2.35. The average molecular weight is 301 g/mol. The monoisotopic (exact) mass is 300 g/mol. The highest BCUT2D eigenvalue weighted by atomic mass is 35.5. The number of ether oxygens (including phenoxy) is 1. The van der Waals surface area contributed by atoms with Crippen LogP contribution in [0.1, 0.15) is 11.8 Å². The summed E-state index contributed by atoms with van der Waals surface area (Å²) in [5.74, 6) is 0.663. The van der Waals surface area contributed by atoms with Crippen molar-refractivity contribution in [2.24, 2.45) is 5.73 Å². The van der Waals surface area contributed by atoms with Crippen LogP contribution in [0.5, 0.6) is 0 Å². The van der Waals surface area contributed by atoms with Gasteiger partial charge in [0, 0.05) is 12.2 Å². The first-order valence-electron chi connectivity index (χ1n) is 5.63. The molecule has 0 aromatic carbocycles. The second-order valence-electron chi connectivity index (χ2n) is 4.25. The van der Waals surface area contributed by atoms with Crippen molar-refractivity contribution >= 4 is 23.2 Å². The van der Waals surface area contributed by atoms with E-state index in [0.717, 1.165) is 0 Å². The zero-order valence-corrected chi connectivity index (χ0v) is 11.2. The summed E-state index contributed by atoms with van der Waals surface area (Å²) in [5.41, 5.74) is 6.32. The lowest BCUT2D eigenvalue weighted by atomic mass is 10.1. The molecular weight excluding hydrogens is 291 g/mol. The second-order valence-corrected chi connectivity index (χ2v) is 5.09. The lowest BCUT2D eigenvalue weighted by Crippen LogP contribution is -2.27. The van der Waals surface area contributed by atoms with E-state index in [1.54, 1.807) is 6.07 Å². The molecule has 0 spiro atoms. The Balaban J connectivity index is 1.92. The minimum atomic E-state index is -0.137. The minimum absolute atomic E-state index is 0.0904. The van der Waals surface area contributed by atoms with Crippen LogP contribution in [0.25, 0.3) is 11.5 Å². The van der Waals surface area contributed by atoms with E-state index in [4.69, 9.17) is 38.2 Å². The molecule has 2 aromatic heterocycles. The van der Waals surface area contributed by atoms with Gasteiger partial charge in [-0.1, -0.05) is 28.4 Å². The van der Waals surface area contributed by atoms with Crippen LogP contribution in [0.15, 0.2) is 16.8 Å². The van der Waals surface area contributed by atoms with E-state index in [-0.39, 0.29) is 12.0 Å². The predicted molar refractivity (Wildman–Crippen MR) is 69.1 cm³/mol. The van der Waals surface area contributed by atoms with E-state index < -0.39 is 0 Å². The van der Waals surface area contributed by atoms with Crippen LogP contribution in [-0.4, -0.2) is 34.4 Å². The maximum atomic E-state index is 6.04. The third-order valence-corrected chi connectivity index (χ3v) is 3.40. The number of nitrogens with two attached hydrogens (primary N) is 1. The van der Waals surface area contributed by atoms with Gasteiger partial charge >= 0.3 is 0 Å². The number of nitrogens with zero attached hydrogens (tertiary/aromatic N) is 3. The highest BCUT2D eigenvalue weighted by molar-refractivity contribution is 6.35. The molecule has 1 fully saturated rings. The first kappa shape index (κ1) is 12.8. The van der Waals surface area contributed by atoms with Crippen molar-refractivity contribution in [3.05, 3.63) is 28.2 Å². The van der Waals surface area contributed by atoms with Gasteiger partial charge in [0.15, 0.2) is 0 Å². The van der Waals surface area contributed by atoms with Crippen LogP contribution < -0.4 is 5.73 Å². The van der Waals surface area contributed by atoms with E-state index in [0.29, 0.717) is 40.7 Å². The number of rotatable bonds is 2. The molecule has 2 aromatic rings.